The topological polar surface area (TPSA) is 75.3 Å². The Bertz CT molecular complexity index is 639. The Morgan fingerprint density at radius 2 is 1.70 bits per heavy atom. The van der Waals surface area contributed by atoms with Crippen LogP contribution in [0.4, 0.5) is 24.5 Å². The molecule has 1 rings (SSSR count). The molecular weight excluding hydrogens is 297 g/mol. The quantitative estimate of drug-likeness (QED) is 0.900. The van der Waals surface area contributed by atoms with E-state index in [0.29, 0.717) is 0 Å². The second-order valence-electron chi connectivity index (χ2n) is 4.21. The monoisotopic (exact) mass is 310 g/mol. The van der Waals surface area contributed by atoms with E-state index in [1.165, 1.54) is 6.07 Å². The number of carbonyl (C=O) groups is 1. The molecule has 0 fully saturated rings. The zero-order chi connectivity index (χ0) is 15.7. The summed E-state index contributed by atoms with van der Waals surface area (Å²) in [5.41, 5.74) is -1.99. The van der Waals surface area contributed by atoms with Gasteiger partial charge in [-0.15, -0.1) is 0 Å². The van der Waals surface area contributed by atoms with Gasteiger partial charge in [0.25, 0.3) is 0 Å². The summed E-state index contributed by atoms with van der Waals surface area (Å²) in [6.07, 6.45) is -4.00. The molecule has 0 aromatic heterocycles. The molecule has 0 aliphatic heterocycles. The zero-order valence-corrected chi connectivity index (χ0v) is 11.7. The van der Waals surface area contributed by atoms with Crippen molar-refractivity contribution in [1.82, 2.24) is 0 Å². The standard InChI is InChI=1S/C11H13F3N2O3S/c1-6-8(15-7(2)17)4-5-9(16-20(3,18)19)10(6)11(12,13)14/h4-5,16H,1-3H3,(H,15,17). The van der Waals surface area contributed by atoms with Crippen LogP contribution in [0.2, 0.25) is 0 Å². The number of rotatable bonds is 3. The molecule has 0 radical (unpaired) electrons. The summed E-state index contributed by atoms with van der Waals surface area (Å²) in [5.74, 6) is -0.523. The average Bonchev–Trinajstić information content (AvgIpc) is 2.17. The lowest BCUT2D eigenvalue weighted by atomic mass is 10.0. The summed E-state index contributed by atoms with van der Waals surface area (Å²) in [7, 11) is -3.85. The summed E-state index contributed by atoms with van der Waals surface area (Å²) < 4.78 is 63.2. The molecule has 2 N–H and O–H groups in total. The van der Waals surface area contributed by atoms with Gasteiger partial charge in [-0.2, -0.15) is 13.2 Å². The lowest BCUT2D eigenvalue weighted by Crippen LogP contribution is -2.18. The number of sulfonamides is 1. The van der Waals surface area contributed by atoms with Crippen LogP contribution in [0.25, 0.3) is 0 Å². The van der Waals surface area contributed by atoms with Gasteiger partial charge in [-0.3, -0.25) is 9.52 Å². The third-order valence-corrected chi connectivity index (χ3v) is 2.95. The second-order valence-corrected chi connectivity index (χ2v) is 5.96. The van der Waals surface area contributed by atoms with Crippen LogP contribution in [-0.2, 0) is 21.0 Å². The third-order valence-electron chi connectivity index (χ3n) is 2.35. The van der Waals surface area contributed by atoms with Crippen molar-refractivity contribution >= 4 is 27.3 Å². The van der Waals surface area contributed by atoms with E-state index in [-0.39, 0.29) is 11.3 Å². The fourth-order valence-corrected chi connectivity index (χ4v) is 2.26. The molecule has 0 aliphatic carbocycles. The van der Waals surface area contributed by atoms with E-state index in [4.69, 9.17) is 0 Å². The van der Waals surface area contributed by atoms with Gasteiger partial charge in [0.2, 0.25) is 15.9 Å². The number of halogens is 3. The Morgan fingerprint density at radius 1 is 1.20 bits per heavy atom. The van der Waals surface area contributed by atoms with Gasteiger partial charge >= 0.3 is 6.18 Å². The Kier molecular flexibility index (Phi) is 4.33. The van der Waals surface area contributed by atoms with Gasteiger partial charge in [0, 0.05) is 12.6 Å². The Labute approximate surface area is 114 Å². The largest absolute Gasteiger partial charge is 0.418 e. The Hall–Kier alpha value is -1.77. The molecule has 1 aromatic rings. The first kappa shape index (κ1) is 16.3. The third kappa shape index (κ3) is 4.12. The van der Waals surface area contributed by atoms with Crippen LogP contribution in [0.3, 0.4) is 0 Å². The van der Waals surface area contributed by atoms with Gasteiger partial charge in [0.1, 0.15) is 0 Å². The highest BCUT2D eigenvalue weighted by molar-refractivity contribution is 7.92. The van der Waals surface area contributed by atoms with E-state index in [1.807, 2.05) is 4.72 Å². The van der Waals surface area contributed by atoms with Gasteiger partial charge in [-0.1, -0.05) is 0 Å². The predicted octanol–water partition coefficient (Wildman–Crippen LogP) is 2.34. The van der Waals surface area contributed by atoms with Crippen LogP contribution in [0.5, 0.6) is 0 Å². The van der Waals surface area contributed by atoms with Gasteiger partial charge < -0.3 is 5.32 Å². The summed E-state index contributed by atoms with van der Waals surface area (Å²) in [5, 5.41) is 2.26. The van der Waals surface area contributed by atoms with Crippen LogP contribution in [-0.4, -0.2) is 20.6 Å². The molecule has 20 heavy (non-hydrogen) atoms. The van der Waals surface area contributed by atoms with Crippen molar-refractivity contribution in [2.45, 2.75) is 20.0 Å². The number of amides is 1. The molecule has 0 heterocycles. The minimum Gasteiger partial charge on any atom is -0.326 e. The number of hydrogen-bond acceptors (Lipinski definition) is 3. The number of alkyl halides is 3. The maximum absolute atomic E-state index is 13.1. The normalized spacial score (nSPS) is 12.1. The number of hydrogen-bond donors (Lipinski definition) is 2. The van der Waals surface area contributed by atoms with Crippen molar-refractivity contribution in [2.75, 3.05) is 16.3 Å². The first-order chi connectivity index (χ1) is 8.92. The van der Waals surface area contributed by atoms with Crippen LogP contribution in [0.15, 0.2) is 12.1 Å². The van der Waals surface area contributed by atoms with E-state index >= 15 is 0 Å². The van der Waals surface area contributed by atoms with Gasteiger partial charge in [0.05, 0.1) is 17.5 Å². The molecule has 0 atom stereocenters. The molecule has 5 nitrogen and oxygen atoms in total. The summed E-state index contributed by atoms with van der Waals surface area (Å²) >= 11 is 0. The number of nitrogens with one attached hydrogen (secondary N) is 2. The summed E-state index contributed by atoms with van der Waals surface area (Å²) in [6, 6.07) is 2.17. The molecule has 0 unspecified atom stereocenters. The molecule has 9 heteroatoms. The van der Waals surface area contributed by atoms with Gasteiger partial charge in [-0.05, 0) is 24.6 Å². The smallest absolute Gasteiger partial charge is 0.326 e. The number of carbonyl (C=O) groups excluding carboxylic acids is 1. The van der Waals surface area contributed by atoms with E-state index < -0.39 is 33.4 Å². The van der Waals surface area contributed by atoms with Crippen LogP contribution < -0.4 is 10.0 Å². The maximum Gasteiger partial charge on any atom is 0.418 e. The highest BCUT2D eigenvalue weighted by atomic mass is 32.2. The first-order valence-electron chi connectivity index (χ1n) is 5.38. The molecule has 0 spiro atoms. The van der Waals surface area contributed by atoms with E-state index in [1.54, 1.807) is 0 Å². The summed E-state index contributed by atoms with van der Waals surface area (Å²) in [6.45, 7) is 2.32. The molecule has 1 amide bonds. The van der Waals surface area contributed by atoms with Crippen molar-refractivity contribution in [1.29, 1.82) is 0 Å². The zero-order valence-electron chi connectivity index (χ0n) is 10.9. The van der Waals surface area contributed by atoms with Crippen molar-refractivity contribution in [2.24, 2.45) is 0 Å². The van der Waals surface area contributed by atoms with Crippen LogP contribution in [0.1, 0.15) is 18.1 Å². The van der Waals surface area contributed by atoms with E-state index in [0.717, 1.165) is 26.2 Å². The molecule has 0 bridgehead atoms. The van der Waals surface area contributed by atoms with E-state index in [9.17, 15) is 26.4 Å². The molecule has 0 saturated heterocycles. The number of anilines is 2. The van der Waals surface area contributed by atoms with Crippen molar-refractivity contribution in [3.63, 3.8) is 0 Å². The fourth-order valence-electron chi connectivity index (χ4n) is 1.69. The second kappa shape index (κ2) is 5.31. The minimum absolute atomic E-state index is 0.0242. The van der Waals surface area contributed by atoms with E-state index in [2.05, 4.69) is 5.32 Å². The SMILES string of the molecule is CC(=O)Nc1ccc(NS(C)(=O)=O)c(C(F)(F)F)c1C. The lowest BCUT2D eigenvalue weighted by molar-refractivity contribution is -0.137. The fraction of sp³-hybridized carbons (Fsp3) is 0.364. The van der Waals surface area contributed by atoms with Crippen LogP contribution in [0, 0.1) is 6.92 Å². The summed E-state index contributed by atoms with van der Waals surface area (Å²) in [4.78, 5) is 10.9. The molecule has 1 aromatic carbocycles. The predicted molar refractivity (Wildman–Crippen MR) is 69.0 cm³/mol. The highest BCUT2D eigenvalue weighted by Crippen LogP contribution is 2.40. The lowest BCUT2D eigenvalue weighted by Gasteiger charge is -2.19. The van der Waals surface area contributed by atoms with Crippen molar-refractivity contribution in [3.05, 3.63) is 23.3 Å². The first-order valence-corrected chi connectivity index (χ1v) is 7.27. The Balaban J connectivity index is 3.48. The van der Waals surface area contributed by atoms with Gasteiger partial charge in [-0.25, -0.2) is 8.42 Å². The minimum atomic E-state index is -4.76. The highest BCUT2D eigenvalue weighted by Gasteiger charge is 2.37. The molecule has 112 valence electrons. The average molecular weight is 310 g/mol. The van der Waals surface area contributed by atoms with Gasteiger partial charge in [0.15, 0.2) is 0 Å². The molecule has 0 aliphatic rings. The van der Waals surface area contributed by atoms with Crippen molar-refractivity contribution in [3.8, 4) is 0 Å². The van der Waals surface area contributed by atoms with Crippen LogP contribution >= 0.6 is 0 Å². The molecule has 0 saturated carbocycles. The maximum atomic E-state index is 13.1. The molecular formula is C11H13F3N2O3S. The Morgan fingerprint density at radius 3 is 2.10 bits per heavy atom. The number of benzene rings is 1. The van der Waals surface area contributed by atoms with Crippen molar-refractivity contribution < 1.29 is 26.4 Å².